The largest absolute Gasteiger partial charge is 0.390 e. The van der Waals surface area contributed by atoms with Crippen LogP contribution in [0.1, 0.15) is 77.7 Å². The van der Waals surface area contributed by atoms with E-state index in [0.717, 1.165) is 23.5 Å². The maximum Gasteiger partial charge on any atom is 0.270 e. The number of hydrogen-bond acceptors (Lipinski definition) is 6. The van der Waals surface area contributed by atoms with Gasteiger partial charge in [0.1, 0.15) is 11.4 Å². The number of amidine groups is 1. The molecule has 3 aliphatic rings. The van der Waals surface area contributed by atoms with Crippen LogP contribution in [0.3, 0.4) is 0 Å². The molecule has 3 heterocycles. The van der Waals surface area contributed by atoms with Crippen molar-refractivity contribution < 1.29 is 31.9 Å². The average Bonchev–Trinajstić information content (AvgIpc) is 3.27. The lowest BCUT2D eigenvalue weighted by Gasteiger charge is -2.36. The molecule has 9 nitrogen and oxygen atoms in total. The number of amides is 2. The molecule has 3 aliphatic heterocycles. The Kier molecular flexibility index (Phi) is 8.32. The predicted molar refractivity (Wildman–Crippen MR) is 164 cm³/mol. The zero-order valence-corrected chi connectivity index (χ0v) is 26.2. The number of halogens is 2. The number of aliphatic imine (C=N–C) groups is 1. The van der Waals surface area contributed by atoms with Gasteiger partial charge in [-0.05, 0) is 87.4 Å². The summed E-state index contributed by atoms with van der Waals surface area (Å²) >= 11 is 0. The van der Waals surface area contributed by atoms with Crippen LogP contribution in [0.2, 0.25) is 0 Å². The van der Waals surface area contributed by atoms with E-state index in [-0.39, 0.29) is 49.1 Å². The fraction of sp³-hybridized carbons (Fsp3) is 0.469. The molecule has 0 aliphatic carbocycles. The number of piperidine rings is 2. The summed E-state index contributed by atoms with van der Waals surface area (Å²) < 4.78 is 55.5. The molecule has 1 spiro atoms. The van der Waals surface area contributed by atoms with Crippen molar-refractivity contribution in [1.82, 2.24) is 14.5 Å². The quantitative estimate of drug-likeness (QED) is 0.499. The molecule has 0 atom stereocenters. The second-order valence-electron chi connectivity index (χ2n) is 12.5. The zero-order valence-electron chi connectivity index (χ0n) is 25.4. The fourth-order valence-electron chi connectivity index (χ4n) is 6.02. The molecule has 2 aromatic rings. The maximum atomic E-state index is 13.8. The lowest BCUT2D eigenvalue weighted by Crippen LogP contribution is -2.50. The molecular weight excluding hydrogens is 590 g/mol. The molecule has 0 aromatic heterocycles. The first-order chi connectivity index (χ1) is 20.5. The van der Waals surface area contributed by atoms with Gasteiger partial charge in [0.25, 0.3) is 17.7 Å². The summed E-state index contributed by atoms with van der Waals surface area (Å²) in [5.41, 5.74) is 1.000. The van der Waals surface area contributed by atoms with Crippen LogP contribution in [-0.2, 0) is 20.7 Å². The van der Waals surface area contributed by atoms with Crippen LogP contribution < -0.4 is 5.32 Å². The summed E-state index contributed by atoms with van der Waals surface area (Å²) in [6, 6.07) is 9.21. The summed E-state index contributed by atoms with van der Waals surface area (Å²) in [7, 11) is -3.83. The molecule has 2 amide bonds. The monoisotopic (exact) mass is 628 g/mol. The molecule has 44 heavy (non-hydrogen) atoms. The molecule has 0 radical (unpaired) electrons. The molecular formula is C32H38F2N4O5S. The third-order valence-corrected chi connectivity index (χ3v) is 10.5. The lowest BCUT2D eigenvalue weighted by atomic mass is 9.89. The van der Waals surface area contributed by atoms with Crippen molar-refractivity contribution in [2.24, 2.45) is 4.99 Å². The van der Waals surface area contributed by atoms with E-state index in [0.29, 0.717) is 42.6 Å². The van der Waals surface area contributed by atoms with Gasteiger partial charge >= 0.3 is 0 Å². The standard InChI is InChI=1S/C32H38F2N4O5S/c1-21-18-24(28(39)37-13-9-30(3,41)10-14-37)19-22(2)26(21)8-17-44(42,43)38-15-11-32(12-16-38)29(40)35-27(36-32)23-6-5-7-25(20-23)31(4,33)34/h5-8,17-20,41H,9-16H2,1-4H3,(H,35,36,40)/b17-8+. The van der Waals surface area contributed by atoms with Crippen molar-refractivity contribution in [2.45, 2.75) is 70.4 Å². The molecule has 236 valence electrons. The first-order valence-corrected chi connectivity index (χ1v) is 16.2. The Morgan fingerprint density at radius 1 is 1.05 bits per heavy atom. The number of benzene rings is 2. The smallest absolute Gasteiger partial charge is 0.270 e. The van der Waals surface area contributed by atoms with Crippen molar-refractivity contribution in [3.8, 4) is 0 Å². The van der Waals surface area contributed by atoms with Gasteiger partial charge in [-0.15, -0.1) is 0 Å². The van der Waals surface area contributed by atoms with E-state index in [1.165, 1.54) is 28.6 Å². The Hall–Kier alpha value is -3.48. The highest BCUT2D eigenvalue weighted by molar-refractivity contribution is 7.92. The SMILES string of the molecule is Cc1cc(C(=O)N2CCC(C)(O)CC2)cc(C)c1/C=C/S(=O)(=O)N1CCC2(CC1)N=C(c1cccc(C(C)(F)F)c1)NC2=O. The van der Waals surface area contributed by atoms with Gasteiger partial charge in [-0.2, -0.15) is 4.31 Å². The van der Waals surface area contributed by atoms with Crippen molar-refractivity contribution in [3.05, 3.63) is 75.2 Å². The molecule has 12 heteroatoms. The molecule has 2 fully saturated rings. The van der Waals surface area contributed by atoms with Gasteiger partial charge in [-0.1, -0.05) is 18.2 Å². The number of alkyl halides is 2. The number of sulfonamides is 1. The zero-order chi connectivity index (χ0) is 32.1. The van der Waals surface area contributed by atoms with E-state index >= 15 is 0 Å². The van der Waals surface area contributed by atoms with Crippen LogP contribution in [-0.4, -0.2) is 77.7 Å². The van der Waals surface area contributed by atoms with E-state index in [2.05, 4.69) is 10.3 Å². The van der Waals surface area contributed by atoms with E-state index in [1.807, 2.05) is 13.8 Å². The Morgan fingerprint density at radius 3 is 2.25 bits per heavy atom. The topological polar surface area (TPSA) is 119 Å². The van der Waals surface area contributed by atoms with Gasteiger partial charge in [0.15, 0.2) is 0 Å². The van der Waals surface area contributed by atoms with Gasteiger partial charge in [0, 0.05) is 55.2 Å². The van der Waals surface area contributed by atoms with Crippen LogP contribution in [0, 0.1) is 13.8 Å². The number of hydrogen-bond donors (Lipinski definition) is 2. The fourth-order valence-corrected chi connectivity index (χ4v) is 7.19. The summed E-state index contributed by atoms with van der Waals surface area (Å²) in [5.74, 6) is -3.32. The van der Waals surface area contributed by atoms with E-state index in [9.17, 15) is 31.9 Å². The number of carbonyl (C=O) groups excluding carboxylic acids is 2. The van der Waals surface area contributed by atoms with Crippen LogP contribution in [0.4, 0.5) is 8.78 Å². The van der Waals surface area contributed by atoms with Crippen LogP contribution >= 0.6 is 0 Å². The minimum absolute atomic E-state index is 0.0675. The number of nitrogens with one attached hydrogen (secondary N) is 1. The summed E-state index contributed by atoms with van der Waals surface area (Å²) in [6.45, 7) is 7.31. The lowest BCUT2D eigenvalue weighted by molar-refractivity contribution is -0.124. The maximum absolute atomic E-state index is 13.8. The number of likely N-dealkylation sites (tertiary alicyclic amines) is 1. The Labute approximate surface area is 256 Å². The molecule has 0 unspecified atom stereocenters. The Balaban J connectivity index is 1.26. The van der Waals surface area contributed by atoms with Crippen molar-refractivity contribution in [2.75, 3.05) is 26.2 Å². The highest BCUT2D eigenvalue weighted by Crippen LogP contribution is 2.34. The summed E-state index contributed by atoms with van der Waals surface area (Å²) in [5, 5.41) is 14.0. The van der Waals surface area contributed by atoms with E-state index in [1.54, 1.807) is 30.0 Å². The number of carbonyl (C=O) groups is 2. The molecule has 0 bridgehead atoms. The number of rotatable bonds is 6. The first kappa shape index (κ1) is 31.9. The van der Waals surface area contributed by atoms with Gasteiger partial charge < -0.3 is 15.3 Å². The van der Waals surface area contributed by atoms with Gasteiger partial charge in [0.05, 0.1) is 5.60 Å². The minimum atomic E-state index is -3.83. The predicted octanol–water partition coefficient (Wildman–Crippen LogP) is 4.11. The molecule has 5 rings (SSSR count). The van der Waals surface area contributed by atoms with E-state index < -0.39 is 27.1 Å². The highest BCUT2D eigenvalue weighted by atomic mass is 32.2. The second-order valence-corrected chi connectivity index (χ2v) is 14.3. The normalized spacial score (nSPS) is 20.7. The van der Waals surface area contributed by atoms with Crippen molar-refractivity contribution >= 4 is 33.7 Å². The molecule has 0 saturated carbocycles. The van der Waals surface area contributed by atoms with Gasteiger partial charge in [-0.3, -0.25) is 14.6 Å². The Bertz CT molecular complexity index is 1620. The van der Waals surface area contributed by atoms with Crippen LogP contribution in [0.5, 0.6) is 0 Å². The summed E-state index contributed by atoms with van der Waals surface area (Å²) in [6.07, 6.45) is 2.87. The minimum Gasteiger partial charge on any atom is -0.390 e. The van der Waals surface area contributed by atoms with Crippen molar-refractivity contribution in [1.29, 1.82) is 0 Å². The highest BCUT2D eigenvalue weighted by Gasteiger charge is 2.47. The number of aliphatic hydroxyl groups is 1. The number of nitrogens with zero attached hydrogens (tertiary/aromatic N) is 3. The van der Waals surface area contributed by atoms with E-state index in [4.69, 9.17) is 0 Å². The van der Waals surface area contributed by atoms with Crippen LogP contribution in [0.15, 0.2) is 46.8 Å². The molecule has 2 N–H and O–H groups in total. The third-order valence-electron chi connectivity index (χ3n) is 8.91. The summed E-state index contributed by atoms with van der Waals surface area (Å²) in [4.78, 5) is 32.4. The molecule has 2 aromatic carbocycles. The first-order valence-electron chi connectivity index (χ1n) is 14.7. The van der Waals surface area contributed by atoms with Gasteiger partial charge in [0.2, 0.25) is 10.0 Å². The number of aryl methyl sites for hydroxylation is 2. The average molecular weight is 629 g/mol. The second kappa shape index (κ2) is 11.5. The van der Waals surface area contributed by atoms with Gasteiger partial charge in [-0.25, -0.2) is 17.2 Å². The Morgan fingerprint density at radius 2 is 1.66 bits per heavy atom. The third kappa shape index (κ3) is 6.47. The van der Waals surface area contributed by atoms with Crippen molar-refractivity contribution in [3.63, 3.8) is 0 Å². The van der Waals surface area contributed by atoms with Crippen LogP contribution in [0.25, 0.3) is 6.08 Å². The molecule has 2 saturated heterocycles.